The molecule has 0 radical (unpaired) electrons. The number of H-pyrrole nitrogens is 1. The number of aliphatic imine (C=N–C) groups is 2. The number of rotatable bonds is 4. The molecule has 1 aliphatic carbocycles. The summed E-state index contributed by atoms with van der Waals surface area (Å²) in [4.78, 5) is 28.6. The predicted molar refractivity (Wildman–Crippen MR) is 99.4 cm³/mol. The van der Waals surface area contributed by atoms with Crippen LogP contribution in [0, 0.1) is 0 Å². The van der Waals surface area contributed by atoms with E-state index in [2.05, 4.69) is 20.0 Å². The van der Waals surface area contributed by atoms with Crippen molar-refractivity contribution in [2.45, 2.75) is 18.8 Å². The normalized spacial score (nSPS) is 16.5. The average molecular weight is 350 g/mol. The lowest BCUT2D eigenvalue weighted by Crippen LogP contribution is -2.34. The number of ketones is 1. The van der Waals surface area contributed by atoms with Crippen LogP contribution in [0.5, 0.6) is 0 Å². The number of amidine groups is 1. The van der Waals surface area contributed by atoms with Crippen molar-refractivity contribution in [3.8, 4) is 0 Å². The number of nitrogens with one attached hydrogen (secondary N) is 1. The number of nitrogens with two attached hydrogens (primary N) is 4. The predicted octanol–water partition coefficient (Wildman–Crippen LogP) is -0.0278. The lowest BCUT2D eigenvalue weighted by molar-refractivity contribution is 0.105. The fourth-order valence-electron chi connectivity index (χ4n) is 2.87. The summed E-state index contributed by atoms with van der Waals surface area (Å²) in [5, 5.41) is 0. The smallest absolute Gasteiger partial charge is 0.265 e. The first-order valence-electron chi connectivity index (χ1n) is 8.06. The summed E-state index contributed by atoms with van der Waals surface area (Å²) in [6.07, 6.45) is 2.89. The third-order valence-electron chi connectivity index (χ3n) is 4.33. The number of carbonyl (C=O) groups excluding carboxylic acids is 1. The van der Waals surface area contributed by atoms with Gasteiger partial charge in [-0.3, -0.25) is 4.79 Å². The quantitative estimate of drug-likeness (QED) is 0.382. The number of carbonyl (C=O) groups is 1. The number of Topliss-reactive ketones (excluding diaryl/α,β-unsaturated/α-hetero) is 1. The molecular weight excluding hydrogens is 332 g/mol. The van der Waals surface area contributed by atoms with E-state index < -0.39 is 12.3 Å². The van der Waals surface area contributed by atoms with Gasteiger partial charge in [-0.05, 0) is 29.3 Å². The molecule has 0 unspecified atom stereocenters. The Morgan fingerprint density at radius 1 is 1.08 bits per heavy atom. The molecule has 0 spiro atoms. The maximum atomic E-state index is 12.7. The molecule has 132 valence electrons. The topological polar surface area (TPSA) is 175 Å². The minimum Gasteiger partial charge on any atom is -0.335 e. The largest absolute Gasteiger partial charge is 0.335 e. The molecule has 0 amide bonds. The zero-order chi connectivity index (χ0) is 18.4. The Morgan fingerprint density at radius 3 is 2.62 bits per heavy atom. The maximum Gasteiger partial charge on any atom is 0.265 e. The van der Waals surface area contributed by atoms with E-state index in [1.807, 2.05) is 6.08 Å². The van der Waals surface area contributed by atoms with Crippen molar-refractivity contribution < 1.29 is 4.79 Å². The van der Waals surface area contributed by atoms with E-state index >= 15 is 0 Å². The van der Waals surface area contributed by atoms with Gasteiger partial charge in [0.25, 0.3) is 5.78 Å². The van der Waals surface area contributed by atoms with Crippen LogP contribution in [0.1, 0.15) is 28.8 Å². The van der Waals surface area contributed by atoms with Crippen molar-refractivity contribution in [3.63, 3.8) is 0 Å². The van der Waals surface area contributed by atoms with Gasteiger partial charge in [-0.25, -0.2) is 15.0 Å². The fourth-order valence-corrected chi connectivity index (χ4v) is 2.87. The second kappa shape index (κ2) is 6.07. The molecule has 0 fully saturated rings. The lowest BCUT2D eigenvalue weighted by atomic mass is 9.99. The summed E-state index contributed by atoms with van der Waals surface area (Å²) >= 11 is 0. The van der Waals surface area contributed by atoms with E-state index in [0.717, 1.165) is 11.1 Å². The molecule has 0 saturated carbocycles. The third kappa shape index (κ3) is 2.78. The van der Waals surface area contributed by atoms with E-state index in [9.17, 15) is 4.79 Å². The number of nitrogens with zero attached hydrogens (tertiary/aromatic N) is 3. The van der Waals surface area contributed by atoms with Crippen molar-refractivity contribution in [1.29, 1.82) is 0 Å². The number of benzene rings is 1. The molecule has 26 heavy (non-hydrogen) atoms. The van der Waals surface area contributed by atoms with Gasteiger partial charge in [0.05, 0.1) is 34.8 Å². The molecule has 0 atom stereocenters. The van der Waals surface area contributed by atoms with Gasteiger partial charge in [-0.1, -0.05) is 12.1 Å². The Balaban J connectivity index is 1.63. The Labute approximate surface area is 148 Å². The summed E-state index contributed by atoms with van der Waals surface area (Å²) in [5.74, 6) is -0.142. The summed E-state index contributed by atoms with van der Waals surface area (Å²) in [6.45, 7) is 0. The van der Waals surface area contributed by atoms with E-state index in [4.69, 9.17) is 22.9 Å². The van der Waals surface area contributed by atoms with Gasteiger partial charge < -0.3 is 27.9 Å². The molecule has 0 bridgehead atoms. The number of fused-ring (bicyclic) bond motifs is 2. The van der Waals surface area contributed by atoms with E-state index in [-0.39, 0.29) is 17.4 Å². The number of hydrogen-bond acceptors (Lipinski definition) is 8. The van der Waals surface area contributed by atoms with E-state index in [0.29, 0.717) is 28.9 Å². The summed E-state index contributed by atoms with van der Waals surface area (Å²) < 4.78 is 0. The molecule has 1 aromatic heterocycles. The minimum atomic E-state index is -0.599. The van der Waals surface area contributed by atoms with E-state index in [1.54, 1.807) is 24.3 Å². The highest BCUT2D eigenvalue weighted by Gasteiger charge is 2.27. The molecule has 4 rings (SSSR count). The van der Waals surface area contributed by atoms with Gasteiger partial charge in [-0.2, -0.15) is 0 Å². The molecule has 0 saturated heterocycles. The zero-order valence-corrected chi connectivity index (χ0v) is 13.8. The molecule has 1 aromatic carbocycles. The summed E-state index contributed by atoms with van der Waals surface area (Å²) in [7, 11) is 0. The third-order valence-corrected chi connectivity index (χ3v) is 4.33. The molecule has 1 aliphatic heterocycles. The van der Waals surface area contributed by atoms with Crippen LogP contribution in [0.25, 0.3) is 11.0 Å². The van der Waals surface area contributed by atoms with Gasteiger partial charge in [0.2, 0.25) is 5.84 Å². The molecule has 2 aliphatic rings. The van der Waals surface area contributed by atoms with Crippen LogP contribution in [0.4, 0.5) is 0 Å². The summed E-state index contributed by atoms with van der Waals surface area (Å²) in [5.41, 5.74) is 27.0. The maximum absolute atomic E-state index is 12.7. The second-order valence-corrected chi connectivity index (χ2v) is 6.21. The molecule has 2 heterocycles. The van der Waals surface area contributed by atoms with Crippen LogP contribution >= 0.6 is 0 Å². The van der Waals surface area contributed by atoms with Gasteiger partial charge in [0.1, 0.15) is 0 Å². The molecule has 2 aromatic rings. The monoisotopic (exact) mass is 350 g/mol. The molecular formula is C17H18N8O. The Bertz CT molecular complexity index is 1040. The van der Waals surface area contributed by atoms with Gasteiger partial charge >= 0.3 is 0 Å². The van der Waals surface area contributed by atoms with Crippen molar-refractivity contribution >= 4 is 28.4 Å². The van der Waals surface area contributed by atoms with Gasteiger partial charge in [-0.15, -0.1) is 0 Å². The van der Waals surface area contributed by atoms with Crippen LogP contribution < -0.4 is 22.9 Å². The first-order chi connectivity index (χ1) is 12.4. The van der Waals surface area contributed by atoms with Crippen molar-refractivity contribution in [2.75, 3.05) is 0 Å². The van der Waals surface area contributed by atoms with Crippen LogP contribution in [0.3, 0.4) is 0 Å². The highest BCUT2D eigenvalue weighted by atomic mass is 16.1. The van der Waals surface area contributed by atoms with Crippen molar-refractivity contribution in [1.82, 2.24) is 9.97 Å². The van der Waals surface area contributed by atoms with Crippen molar-refractivity contribution in [3.05, 3.63) is 53.0 Å². The highest BCUT2D eigenvalue weighted by molar-refractivity contribution is 6.48. The number of hydrogen-bond donors (Lipinski definition) is 5. The first kappa shape index (κ1) is 16.5. The average Bonchev–Trinajstić information content (AvgIpc) is 3.23. The van der Waals surface area contributed by atoms with Crippen LogP contribution in [0.2, 0.25) is 0 Å². The Morgan fingerprint density at radius 2 is 1.88 bits per heavy atom. The van der Waals surface area contributed by atoms with E-state index in [1.165, 1.54) is 0 Å². The standard InChI is InChI=1S/C17H18N8O/c18-14(19)7-1-3-9-11(5-7)24-16(22-9)13(26)17-23-10-4-2-8(15(20)21)6-12(10)25-17/h1-5,14-15H,6,18-21H2,(H,22,24). The molecule has 9 N–H and O–H groups in total. The van der Waals surface area contributed by atoms with Crippen LogP contribution in [-0.4, -0.2) is 33.5 Å². The minimum absolute atomic E-state index is 0.0845. The fraction of sp³-hybridized carbons (Fsp3) is 0.176. The second-order valence-electron chi connectivity index (χ2n) is 6.21. The number of allylic oxidation sites excluding steroid dienone is 3. The molecule has 9 nitrogen and oxygen atoms in total. The first-order valence-corrected chi connectivity index (χ1v) is 8.06. The number of aromatic amines is 1. The Hall–Kier alpha value is -2.98. The Kier molecular flexibility index (Phi) is 3.85. The van der Waals surface area contributed by atoms with Gasteiger partial charge in [0.15, 0.2) is 5.82 Å². The van der Waals surface area contributed by atoms with Crippen molar-refractivity contribution in [2.24, 2.45) is 32.9 Å². The van der Waals surface area contributed by atoms with Crippen LogP contribution in [-0.2, 0) is 0 Å². The zero-order valence-electron chi connectivity index (χ0n) is 13.8. The summed E-state index contributed by atoms with van der Waals surface area (Å²) in [6, 6.07) is 5.31. The highest BCUT2D eigenvalue weighted by Crippen LogP contribution is 2.24. The van der Waals surface area contributed by atoms with Crippen LogP contribution in [0.15, 0.2) is 51.6 Å². The lowest BCUT2D eigenvalue weighted by Gasteiger charge is -2.14. The number of aromatic nitrogens is 2. The molecule has 9 heteroatoms. The van der Waals surface area contributed by atoms with Gasteiger partial charge in [0, 0.05) is 6.42 Å². The number of imidazole rings is 1. The SMILES string of the molecule is NC(N)C1=CC=C2N=C(C(=O)c3nc4ccc(C(N)N)cc4[nH]3)N=C2C1.